The summed E-state index contributed by atoms with van der Waals surface area (Å²) in [4.78, 5) is 18.8. The van der Waals surface area contributed by atoms with Crippen LogP contribution in [0.25, 0.3) is 5.69 Å². The third kappa shape index (κ3) is 6.38. The minimum Gasteiger partial charge on any atom is -0.390 e. The normalized spacial score (nSPS) is 17.0. The Kier molecular flexibility index (Phi) is 8.52. The molecule has 1 amide bonds. The van der Waals surface area contributed by atoms with E-state index in [1.54, 1.807) is 17.7 Å². The van der Waals surface area contributed by atoms with Crippen molar-refractivity contribution in [1.82, 2.24) is 14.7 Å². The van der Waals surface area contributed by atoms with E-state index in [4.69, 9.17) is 20.7 Å². The van der Waals surface area contributed by atoms with Crippen molar-refractivity contribution in [3.05, 3.63) is 100 Å². The molecule has 0 spiro atoms. The molecule has 0 radical (unpaired) electrons. The number of hydrogen-bond acceptors (Lipinski definition) is 6. The van der Waals surface area contributed by atoms with Gasteiger partial charge < -0.3 is 4.74 Å². The molecule has 5 rings (SSSR count). The number of benzene rings is 2. The number of nitrogens with zero attached hydrogens (tertiary/aromatic N) is 4. The lowest BCUT2D eigenvalue weighted by atomic mass is 9.89. The number of anilines is 1. The summed E-state index contributed by atoms with van der Waals surface area (Å²) in [6.45, 7) is 2.52. The molecule has 2 aromatic carbocycles. The molecular weight excluding hydrogens is 520 g/mol. The number of carbonyl (C=O) groups is 1. The number of amides is 1. The highest BCUT2D eigenvalue weighted by Crippen LogP contribution is 2.31. The lowest BCUT2D eigenvalue weighted by Gasteiger charge is -2.38. The molecule has 206 valence electrons. The second-order valence-corrected chi connectivity index (χ2v) is 11.2. The summed E-state index contributed by atoms with van der Waals surface area (Å²) < 4.78 is 7.01. The molecule has 1 saturated carbocycles. The van der Waals surface area contributed by atoms with Gasteiger partial charge in [-0.2, -0.15) is 0 Å². The molecule has 0 unspecified atom stereocenters. The van der Waals surface area contributed by atoms with Gasteiger partial charge >= 0.3 is 5.90 Å². The summed E-state index contributed by atoms with van der Waals surface area (Å²) in [6, 6.07) is 24.1. The van der Waals surface area contributed by atoms with Crippen LogP contribution in [0.4, 0.5) is 5.82 Å². The van der Waals surface area contributed by atoms with Crippen molar-refractivity contribution in [2.75, 3.05) is 11.9 Å². The fourth-order valence-electron chi connectivity index (χ4n) is 5.33. The van der Waals surface area contributed by atoms with Gasteiger partial charge in [0.1, 0.15) is 0 Å². The molecule has 0 atom stereocenters. The maximum absolute atomic E-state index is 13.8. The molecule has 0 saturated heterocycles. The largest absolute Gasteiger partial charge is 0.390 e. The smallest absolute Gasteiger partial charge is 0.336 e. The number of carbonyl (C=O) groups excluding carboxylic acids is 1. The van der Waals surface area contributed by atoms with Gasteiger partial charge in [0.05, 0.1) is 17.5 Å². The second-order valence-electron chi connectivity index (χ2n) is 10.2. The van der Waals surface area contributed by atoms with Crippen molar-refractivity contribution in [2.45, 2.75) is 51.2 Å². The second kappa shape index (κ2) is 12.4. The molecule has 1 fully saturated rings. The summed E-state index contributed by atoms with van der Waals surface area (Å²) in [5.74, 6) is 0.791. The van der Waals surface area contributed by atoms with Crippen molar-refractivity contribution < 1.29 is 14.9 Å². The summed E-state index contributed by atoms with van der Waals surface area (Å²) >= 11 is 1.45. The van der Waals surface area contributed by atoms with E-state index in [9.17, 15) is 4.79 Å². The molecule has 1 aliphatic carbocycles. The van der Waals surface area contributed by atoms with Crippen LogP contribution in [-0.2, 0) is 11.3 Å². The SMILES string of the molecule is CC(=[NH2+])OC(=N)c1cccc(-n2ccc(N(C(=O)c3cccs3)C3CCC(N(C)Cc4ccccc4)CC3)n2)c1. The number of thiophene rings is 1. The Morgan fingerprint density at radius 2 is 1.80 bits per heavy atom. The van der Waals surface area contributed by atoms with Crippen LogP contribution in [0, 0.1) is 5.41 Å². The minimum absolute atomic E-state index is 0.0146. The Morgan fingerprint density at radius 3 is 2.50 bits per heavy atom. The molecule has 9 heteroatoms. The molecule has 2 aromatic heterocycles. The molecule has 40 heavy (non-hydrogen) atoms. The summed E-state index contributed by atoms with van der Waals surface area (Å²) in [7, 11) is 2.19. The highest BCUT2D eigenvalue weighted by molar-refractivity contribution is 7.12. The first kappa shape index (κ1) is 27.5. The Balaban J connectivity index is 1.34. The van der Waals surface area contributed by atoms with Crippen molar-refractivity contribution in [3.8, 4) is 5.69 Å². The third-order valence-electron chi connectivity index (χ3n) is 7.34. The quantitative estimate of drug-likeness (QED) is 0.246. The molecule has 2 heterocycles. The standard InChI is InChI=1S/C31H34N6O2S/c1-22(32)39-30(33)24-10-6-11-27(20-24)36-18-17-29(34-36)37(31(38)28-12-7-19-40-28)26-15-13-25(14-16-26)35(2)21-23-8-4-3-5-9-23/h3-12,17-20,25-26,32-33H,13-16,21H2,1-2H3/p+1. The van der Waals surface area contributed by atoms with Crippen molar-refractivity contribution in [2.24, 2.45) is 0 Å². The fourth-order valence-corrected chi connectivity index (χ4v) is 5.99. The van der Waals surface area contributed by atoms with Gasteiger partial charge in [0.2, 0.25) is 5.90 Å². The number of nitrogens with one attached hydrogen (secondary N) is 1. The Labute approximate surface area is 238 Å². The van der Waals surface area contributed by atoms with Crippen LogP contribution in [0.3, 0.4) is 0 Å². The zero-order valence-electron chi connectivity index (χ0n) is 22.9. The van der Waals surface area contributed by atoms with Gasteiger partial charge in [-0.25, -0.2) is 10.1 Å². The average molecular weight is 556 g/mol. The lowest BCUT2D eigenvalue weighted by molar-refractivity contribution is -0.133. The van der Waals surface area contributed by atoms with E-state index in [2.05, 4.69) is 36.2 Å². The van der Waals surface area contributed by atoms with Gasteiger partial charge in [-0.1, -0.05) is 42.5 Å². The highest BCUT2D eigenvalue weighted by Gasteiger charge is 2.33. The van der Waals surface area contributed by atoms with Crippen LogP contribution in [0.15, 0.2) is 84.4 Å². The van der Waals surface area contributed by atoms with E-state index < -0.39 is 0 Å². The van der Waals surface area contributed by atoms with E-state index in [1.807, 2.05) is 58.9 Å². The topological polar surface area (TPSA) is 100 Å². The number of hydrogen-bond donors (Lipinski definition) is 2. The van der Waals surface area contributed by atoms with Crippen LogP contribution in [0.5, 0.6) is 0 Å². The predicted molar refractivity (Wildman–Crippen MR) is 159 cm³/mol. The summed E-state index contributed by atoms with van der Waals surface area (Å²) in [5.41, 5.74) is 2.67. The van der Waals surface area contributed by atoms with Gasteiger partial charge in [0.25, 0.3) is 5.91 Å². The van der Waals surface area contributed by atoms with E-state index in [0.29, 0.717) is 22.3 Å². The molecule has 8 nitrogen and oxygen atoms in total. The van der Waals surface area contributed by atoms with Gasteiger partial charge in [-0.15, -0.1) is 16.4 Å². The zero-order valence-corrected chi connectivity index (χ0v) is 23.7. The fraction of sp³-hybridized carbons (Fsp3) is 0.290. The predicted octanol–water partition coefficient (Wildman–Crippen LogP) is 4.54. The number of rotatable bonds is 8. The maximum Gasteiger partial charge on any atom is 0.336 e. The Hall–Kier alpha value is -4.08. The Morgan fingerprint density at radius 1 is 1.05 bits per heavy atom. The summed E-state index contributed by atoms with van der Waals surface area (Å²) in [5, 5.41) is 20.5. The highest BCUT2D eigenvalue weighted by atomic mass is 32.1. The van der Waals surface area contributed by atoms with Crippen molar-refractivity contribution in [3.63, 3.8) is 0 Å². The molecule has 0 bridgehead atoms. The summed E-state index contributed by atoms with van der Waals surface area (Å²) in [6.07, 6.45) is 5.71. The zero-order chi connectivity index (χ0) is 28.1. The van der Waals surface area contributed by atoms with E-state index >= 15 is 0 Å². The van der Waals surface area contributed by atoms with Crippen LogP contribution >= 0.6 is 11.3 Å². The monoisotopic (exact) mass is 555 g/mol. The van der Waals surface area contributed by atoms with Crippen LogP contribution in [0.1, 0.15) is 53.4 Å². The molecule has 4 aromatic rings. The molecular formula is C31H35N6O2S+. The van der Waals surface area contributed by atoms with Gasteiger partial charge in [0, 0.05) is 36.5 Å². The van der Waals surface area contributed by atoms with Crippen LogP contribution in [0.2, 0.25) is 0 Å². The van der Waals surface area contributed by atoms with E-state index in [-0.39, 0.29) is 23.7 Å². The third-order valence-corrected chi connectivity index (χ3v) is 8.20. The van der Waals surface area contributed by atoms with Crippen LogP contribution < -0.4 is 10.3 Å². The molecule has 3 N–H and O–H groups in total. The van der Waals surface area contributed by atoms with Gasteiger partial charge in [0.15, 0.2) is 5.82 Å². The maximum atomic E-state index is 13.8. The first-order valence-corrected chi connectivity index (χ1v) is 14.4. The van der Waals surface area contributed by atoms with E-state index in [1.165, 1.54) is 16.9 Å². The molecule has 1 aliphatic rings. The average Bonchev–Trinajstić information content (AvgIpc) is 3.67. The number of nitrogens with two attached hydrogens (primary N) is 1. The molecule has 0 aliphatic heterocycles. The van der Waals surface area contributed by atoms with Crippen molar-refractivity contribution >= 4 is 34.9 Å². The first-order valence-electron chi connectivity index (χ1n) is 13.5. The number of aromatic nitrogens is 2. The van der Waals surface area contributed by atoms with Gasteiger partial charge in [-0.3, -0.25) is 20.0 Å². The first-order chi connectivity index (χ1) is 19.4. The van der Waals surface area contributed by atoms with Gasteiger partial charge in [-0.05, 0) is 67.9 Å². The minimum atomic E-state index is -0.0299. The van der Waals surface area contributed by atoms with E-state index in [0.717, 1.165) is 37.9 Å². The van der Waals surface area contributed by atoms with Crippen molar-refractivity contribution in [1.29, 1.82) is 5.41 Å². The number of ether oxygens (including phenoxy) is 1. The lowest BCUT2D eigenvalue weighted by Crippen LogP contribution is -2.45. The Bertz CT molecular complexity index is 1460. The van der Waals surface area contributed by atoms with Crippen LogP contribution in [-0.4, -0.2) is 51.5 Å².